The van der Waals surface area contributed by atoms with Crippen LogP contribution in [0.5, 0.6) is 0 Å². The summed E-state index contributed by atoms with van der Waals surface area (Å²) in [6, 6.07) is 3.99. The Morgan fingerprint density at radius 1 is 1.10 bits per heavy atom. The van der Waals surface area contributed by atoms with Crippen molar-refractivity contribution in [3.05, 3.63) is 42.4 Å². The molecule has 20 heavy (non-hydrogen) atoms. The van der Waals surface area contributed by atoms with Crippen LogP contribution in [0.2, 0.25) is 0 Å². The van der Waals surface area contributed by atoms with Gasteiger partial charge in [0.05, 0.1) is 6.20 Å². The van der Waals surface area contributed by atoms with Gasteiger partial charge in [-0.3, -0.25) is 0 Å². The number of pyridine rings is 1. The summed E-state index contributed by atoms with van der Waals surface area (Å²) in [4.78, 5) is 7.65. The summed E-state index contributed by atoms with van der Waals surface area (Å²) in [5.74, 6) is 0.780. The lowest BCUT2D eigenvalue weighted by Gasteiger charge is -2.14. The van der Waals surface area contributed by atoms with Crippen LogP contribution in [0.15, 0.2) is 41.3 Å². The summed E-state index contributed by atoms with van der Waals surface area (Å²) in [6.07, 6.45) is 12.7. The summed E-state index contributed by atoms with van der Waals surface area (Å²) in [7, 11) is 0. The van der Waals surface area contributed by atoms with E-state index in [-0.39, 0.29) is 0 Å². The highest BCUT2D eigenvalue weighted by Crippen LogP contribution is 2.36. The Morgan fingerprint density at radius 2 is 2.10 bits per heavy atom. The minimum Gasteiger partial charge on any atom is -0.356 e. The molecule has 3 aromatic rings. The normalized spacial score (nSPS) is 15.5. The molecular formula is C16H15N3O. The van der Waals surface area contributed by atoms with Crippen molar-refractivity contribution in [2.45, 2.75) is 25.7 Å². The van der Waals surface area contributed by atoms with Crippen LogP contribution >= 0.6 is 0 Å². The standard InChI is InChI=1S/C16H15N3O/c1-2-4-11(5-3-1)12-6-8-17-16-15(12)13(10-18-16)14-7-9-19-20-14/h4,6-10H,1-3,5H2,(H,17,18). The largest absolute Gasteiger partial charge is 0.356 e. The molecule has 3 aromatic heterocycles. The number of aromatic nitrogens is 3. The topological polar surface area (TPSA) is 54.7 Å². The van der Waals surface area contributed by atoms with Crippen LogP contribution in [0, 0.1) is 0 Å². The van der Waals surface area contributed by atoms with Gasteiger partial charge in [0.25, 0.3) is 0 Å². The maximum atomic E-state index is 5.31. The molecule has 0 fully saturated rings. The van der Waals surface area contributed by atoms with Gasteiger partial charge in [-0.2, -0.15) is 0 Å². The third-order valence-electron chi connectivity index (χ3n) is 3.91. The van der Waals surface area contributed by atoms with E-state index in [2.05, 4.69) is 27.3 Å². The summed E-state index contributed by atoms with van der Waals surface area (Å²) in [5.41, 5.74) is 4.62. The minimum absolute atomic E-state index is 0.780. The second-order valence-electron chi connectivity index (χ2n) is 5.14. The highest BCUT2D eigenvalue weighted by molar-refractivity contribution is 6.00. The van der Waals surface area contributed by atoms with Gasteiger partial charge in [-0.25, -0.2) is 4.98 Å². The third-order valence-corrected chi connectivity index (χ3v) is 3.91. The number of fused-ring (bicyclic) bond motifs is 1. The number of nitrogens with one attached hydrogen (secondary N) is 1. The number of hydrogen-bond donors (Lipinski definition) is 1. The van der Waals surface area contributed by atoms with Gasteiger partial charge < -0.3 is 9.51 Å². The summed E-state index contributed by atoms with van der Waals surface area (Å²) >= 11 is 0. The number of aromatic amines is 1. The van der Waals surface area contributed by atoms with Crippen molar-refractivity contribution >= 4 is 16.6 Å². The molecule has 0 atom stereocenters. The van der Waals surface area contributed by atoms with E-state index < -0.39 is 0 Å². The van der Waals surface area contributed by atoms with Crippen LogP contribution in [0.25, 0.3) is 27.9 Å². The lowest BCUT2D eigenvalue weighted by molar-refractivity contribution is 0.432. The number of allylic oxidation sites excluding steroid dienone is 2. The second kappa shape index (κ2) is 4.63. The average Bonchev–Trinajstić information content (AvgIpc) is 3.16. The highest BCUT2D eigenvalue weighted by Gasteiger charge is 2.16. The molecule has 1 aliphatic rings. The Balaban J connectivity index is 1.97. The molecule has 0 saturated heterocycles. The number of nitrogens with zero attached hydrogens (tertiary/aromatic N) is 2. The van der Waals surface area contributed by atoms with E-state index in [1.807, 2.05) is 18.5 Å². The van der Waals surface area contributed by atoms with Gasteiger partial charge in [-0.1, -0.05) is 11.2 Å². The molecule has 3 heterocycles. The number of H-pyrrole nitrogens is 1. The molecule has 0 bridgehead atoms. The van der Waals surface area contributed by atoms with Crippen molar-refractivity contribution < 1.29 is 4.52 Å². The van der Waals surface area contributed by atoms with Crippen LogP contribution in [0.1, 0.15) is 31.2 Å². The molecule has 4 heteroatoms. The summed E-state index contributed by atoms with van der Waals surface area (Å²) in [6.45, 7) is 0. The van der Waals surface area contributed by atoms with Gasteiger partial charge in [0.2, 0.25) is 0 Å². The zero-order valence-corrected chi connectivity index (χ0v) is 11.1. The van der Waals surface area contributed by atoms with Crippen molar-refractivity contribution in [3.63, 3.8) is 0 Å². The fourth-order valence-corrected chi connectivity index (χ4v) is 2.96. The number of hydrogen-bond acceptors (Lipinski definition) is 3. The van der Waals surface area contributed by atoms with Crippen molar-refractivity contribution in [2.24, 2.45) is 0 Å². The zero-order valence-electron chi connectivity index (χ0n) is 11.1. The lowest BCUT2D eigenvalue weighted by atomic mass is 9.91. The monoisotopic (exact) mass is 265 g/mol. The molecule has 4 nitrogen and oxygen atoms in total. The predicted octanol–water partition coefficient (Wildman–Crippen LogP) is 4.18. The van der Waals surface area contributed by atoms with E-state index in [9.17, 15) is 0 Å². The van der Waals surface area contributed by atoms with Gasteiger partial charge in [-0.05, 0) is 42.9 Å². The van der Waals surface area contributed by atoms with Gasteiger partial charge >= 0.3 is 0 Å². The van der Waals surface area contributed by atoms with Crippen molar-refractivity contribution in [1.82, 2.24) is 15.1 Å². The molecule has 4 rings (SSSR count). The highest BCUT2D eigenvalue weighted by atomic mass is 16.5. The summed E-state index contributed by atoms with van der Waals surface area (Å²) < 4.78 is 5.31. The van der Waals surface area contributed by atoms with E-state index in [0.29, 0.717) is 0 Å². The van der Waals surface area contributed by atoms with Crippen LogP contribution < -0.4 is 0 Å². The first-order chi connectivity index (χ1) is 9.93. The van der Waals surface area contributed by atoms with Crippen molar-refractivity contribution in [2.75, 3.05) is 0 Å². The maximum absolute atomic E-state index is 5.31. The Morgan fingerprint density at radius 3 is 2.90 bits per heavy atom. The van der Waals surface area contributed by atoms with Gasteiger partial charge in [0.15, 0.2) is 5.76 Å². The first-order valence-corrected chi connectivity index (χ1v) is 7.00. The van der Waals surface area contributed by atoms with Gasteiger partial charge in [-0.15, -0.1) is 0 Å². The molecule has 0 spiro atoms. The molecule has 100 valence electrons. The Labute approximate surface area is 116 Å². The van der Waals surface area contributed by atoms with Crippen molar-refractivity contribution in [3.8, 4) is 11.3 Å². The minimum atomic E-state index is 0.780. The summed E-state index contributed by atoms with van der Waals surface area (Å²) in [5, 5.41) is 4.94. The fraction of sp³-hybridized carbons (Fsp3) is 0.250. The lowest BCUT2D eigenvalue weighted by Crippen LogP contribution is -1.93. The average molecular weight is 265 g/mol. The quantitative estimate of drug-likeness (QED) is 0.756. The Kier molecular flexibility index (Phi) is 2.66. The van der Waals surface area contributed by atoms with E-state index in [0.717, 1.165) is 28.8 Å². The Bertz CT molecular complexity index is 768. The van der Waals surface area contributed by atoms with E-state index in [4.69, 9.17) is 4.52 Å². The molecule has 0 amide bonds. The molecule has 0 aromatic carbocycles. The molecular weight excluding hydrogens is 250 g/mol. The predicted molar refractivity (Wildman–Crippen MR) is 78.0 cm³/mol. The molecule has 0 unspecified atom stereocenters. The Hall–Kier alpha value is -2.36. The first-order valence-electron chi connectivity index (χ1n) is 7.00. The first kappa shape index (κ1) is 11.5. The van der Waals surface area contributed by atoms with E-state index in [1.165, 1.54) is 30.4 Å². The van der Waals surface area contributed by atoms with Gasteiger partial charge in [0.1, 0.15) is 5.65 Å². The van der Waals surface area contributed by atoms with Crippen LogP contribution in [0.3, 0.4) is 0 Å². The molecule has 1 N–H and O–H groups in total. The third kappa shape index (κ3) is 1.76. The van der Waals surface area contributed by atoms with Crippen LogP contribution in [0.4, 0.5) is 0 Å². The van der Waals surface area contributed by atoms with E-state index >= 15 is 0 Å². The van der Waals surface area contributed by atoms with E-state index in [1.54, 1.807) is 6.20 Å². The number of rotatable bonds is 2. The molecule has 0 radical (unpaired) electrons. The second-order valence-corrected chi connectivity index (χ2v) is 5.14. The molecule has 0 saturated carbocycles. The smallest absolute Gasteiger partial charge is 0.169 e. The SMILES string of the molecule is C1=C(c2ccnc3[nH]cc(-c4ccno4)c23)CCCC1. The van der Waals surface area contributed by atoms with Crippen LogP contribution in [-0.4, -0.2) is 15.1 Å². The van der Waals surface area contributed by atoms with Crippen molar-refractivity contribution in [1.29, 1.82) is 0 Å². The molecule has 1 aliphatic carbocycles. The maximum Gasteiger partial charge on any atom is 0.169 e. The fourth-order valence-electron chi connectivity index (χ4n) is 2.96. The van der Waals surface area contributed by atoms with Gasteiger partial charge in [0, 0.05) is 29.4 Å². The van der Waals surface area contributed by atoms with Crippen LogP contribution in [-0.2, 0) is 0 Å². The zero-order chi connectivity index (χ0) is 13.4. The molecule has 0 aliphatic heterocycles.